The Balaban J connectivity index is 1.98. The van der Waals surface area contributed by atoms with Crippen LogP contribution in [0.5, 0.6) is 0 Å². The van der Waals surface area contributed by atoms with E-state index in [0.29, 0.717) is 19.6 Å². The maximum Gasteiger partial charge on any atom is 0.244 e. The molecule has 1 unspecified atom stereocenters. The Labute approximate surface area is 119 Å². The molecule has 20 heavy (non-hydrogen) atoms. The molecule has 0 aliphatic carbocycles. The summed E-state index contributed by atoms with van der Waals surface area (Å²) in [5, 5.41) is 2.84. The number of carbonyl (C=O) groups excluding carboxylic acids is 1. The molecule has 2 rings (SSSR count). The molecule has 0 spiro atoms. The Morgan fingerprint density at radius 1 is 1.35 bits per heavy atom. The average Bonchev–Trinajstić information content (AvgIpc) is 2.93. The summed E-state index contributed by atoms with van der Waals surface area (Å²) >= 11 is 0. The summed E-state index contributed by atoms with van der Waals surface area (Å²) in [4.78, 5) is 12.1. The van der Waals surface area contributed by atoms with E-state index in [-0.39, 0.29) is 12.2 Å². The van der Waals surface area contributed by atoms with Crippen LogP contribution in [0.2, 0.25) is 0 Å². The molecule has 0 saturated carbocycles. The molecule has 5 heteroatoms. The summed E-state index contributed by atoms with van der Waals surface area (Å²) < 4.78 is 10.8. The van der Waals surface area contributed by atoms with E-state index in [4.69, 9.17) is 15.2 Å². The van der Waals surface area contributed by atoms with Gasteiger partial charge in [0.1, 0.15) is 0 Å². The summed E-state index contributed by atoms with van der Waals surface area (Å²) in [7, 11) is 0. The summed E-state index contributed by atoms with van der Waals surface area (Å²) in [5.74, 6) is -0.166. The van der Waals surface area contributed by atoms with Crippen molar-refractivity contribution in [3.8, 4) is 0 Å². The molecule has 1 aliphatic rings. The van der Waals surface area contributed by atoms with Crippen LogP contribution in [0.4, 0.5) is 5.69 Å². The van der Waals surface area contributed by atoms with Gasteiger partial charge >= 0.3 is 0 Å². The normalized spacial score (nSPS) is 18.8. The third-order valence-corrected chi connectivity index (χ3v) is 3.35. The minimum absolute atomic E-state index is 0.166. The number of hydrogen-bond donors (Lipinski definition) is 2. The molecule has 1 atom stereocenters. The lowest BCUT2D eigenvalue weighted by Gasteiger charge is -2.23. The highest BCUT2D eigenvalue weighted by molar-refractivity contribution is 5.97. The molecule has 1 aliphatic heterocycles. The molecule has 0 bridgehead atoms. The minimum atomic E-state index is -0.842. The first kappa shape index (κ1) is 15.0. The predicted octanol–water partition coefficient (Wildman–Crippen LogP) is 2.19. The van der Waals surface area contributed by atoms with Crippen molar-refractivity contribution in [2.75, 3.05) is 18.5 Å². The predicted molar refractivity (Wildman–Crippen MR) is 77.2 cm³/mol. The summed E-state index contributed by atoms with van der Waals surface area (Å²) in [6, 6.07) is 7.44. The van der Waals surface area contributed by atoms with Crippen LogP contribution in [-0.2, 0) is 14.3 Å². The van der Waals surface area contributed by atoms with Gasteiger partial charge in [0, 0.05) is 11.3 Å². The second-order valence-corrected chi connectivity index (χ2v) is 5.32. The number of hydrogen-bond acceptors (Lipinski definition) is 4. The summed E-state index contributed by atoms with van der Waals surface area (Å²) in [6.07, 6.45) is 1.23. The van der Waals surface area contributed by atoms with E-state index in [1.807, 2.05) is 31.2 Å². The number of rotatable bonds is 5. The third-order valence-electron chi connectivity index (χ3n) is 3.35. The fourth-order valence-corrected chi connectivity index (χ4v) is 2.18. The van der Waals surface area contributed by atoms with E-state index < -0.39 is 5.54 Å². The molecule has 110 valence electrons. The Morgan fingerprint density at radius 2 is 1.95 bits per heavy atom. The number of carbonyl (C=O) groups is 1. The smallest absolute Gasteiger partial charge is 0.244 e. The fraction of sp³-hybridized carbons (Fsp3) is 0.533. The molecule has 0 radical (unpaired) electrons. The van der Waals surface area contributed by atoms with Crippen molar-refractivity contribution in [2.45, 2.75) is 38.5 Å². The second kappa shape index (κ2) is 6.35. The van der Waals surface area contributed by atoms with Gasteiger partial charge in [-0.2, -0.15) is 0 Å². The van der Waals surface area contributed by atoms with Gasteiger partial charge in [-0.05, 0) is 25.5 Å². The average molecular weight is 278 g/mol. The van der Waals surface area contributed by atoms with Gasteiger partial charge in [-0.1, -0.05) is 25.5 Å². The Kier molecular flexibility index (Phi) is 4.75. The standard InChI is InChI=1S/C15H22N2O3/c1-3-8-15(2,16)14(18)17-12-6-4-11(5-7-12)13-19-9-10-20-13/h4-7,13H,3,8-10,16H2,1-2H3,(H,17,18). The van der Waals surface area contributed by atoms with E-state index >= 15 is 0 Å². The zero-order valence-electron chi connectivity index (χ0n) is 12.0. The number of nitrogens with one attached hydrogen (secondary N) is 1. The lowest BCUT2D eigenvalue weighted by Crippen LogP contribution is -2.48. The van der Waals surface area contributed by atoms with Gasteiger partial charge in [-0.25, -0.2) is 0 Å². The second-order valence-electron chi connectivity index (χ2n) is 5.32. The number of ether oxygens (including phenoxy) is 2. The number of anilines is 1. The summed E-state index contributed by atoms with van der Waals surface area (Å²) in [6.45, 7) is 4.99. The van der Waals surface area contributed by atoms with Crippen LogP contribution in [0.3, 0.4) is 0 Å². The van der Waals surface area contributed by atoms with Crippen molar-refractivity contribution in [1.82, 2.24) is 0 Å². The molecule has 0 aromatic heterocycles. The van der Waals surface area contributed by atoms with Gasteiger partial charge in [-0.15, -0.1) is 0 Å². The quantitative estimate of drug-likeness (QED) is 0.866. The first-order valence-corrected chi connectivity index (χ1v) is 6.96. The largest absolute Gasteiger partial charge is 0.346 e. The van der Waals surface area contributed by atoms with Gasteiger partial charge in [0.2, 0.25) is 5.91 Å². The zero-order chi connectivity index (χ0) is 14.6. The van der Waals surface area contributed by atoms with Gasteiger partial charge < -0.3 is 20.5 Å². The van der Waals surface area contributed by atoms with Crippen molar-refractivity contribution >= 4 is 11.6 Å². The van der Waals surface area contributed by atoms with Crippen LogP contribution in [0.15, 0.2) is 24.3 Å². The molecule has 5 nitrogen and oxygen atoms in total. The molecular formula is C15H22N2O3. The number of nitrogens with two attached hydrogens (primary N) is 1. The third kappa shape index (κ3) is 3.56. The summed E-state index contributed by atoms with van der Waals surface area (Å²) in [5.41, 5.74) is 6.83. The number of benzene rings is 1. The van der Waals surface area contributed by atoms with Crippen LogP contribution < -0.4 is 11.1 Å². The van der Waals surface area contributed by atoms with Crippen LogP contribution in [0, 0.1) is 0 Å². The van der Waals surface area contributed by atoms with Crippen molar-refractivity contribution in [1.29, 1.82) is 0 Å². The van der Waals surface area contributed by atoms with Crippen LogP contribution in [0.1, 0.15) is 38.5 Å². The molecule has 1 amide bonds. The van der Waals surface area contributed by atoms with Crippen molar-refractivity contribution in [3.05, 3.63) is 29.8 Å². The monoisotopic (exact) mass is 278 g/mol. The lowest BCUT2D eigenvalue weighted by molar-refractivity contribution is -0.120. The molecule has 1 heterocycles. The first-order chi connectivity index (χ1) is 9.53. The Bertz CT molecular complexity index is 451. The fourth-order valence-electron chi connectivity index (χ4n) is 2.18. The molecule has 1 aromatic carbocycles. The van der Waals surface area contributed by atoms with Gasteiger partial charge in [-0.3, -0.25) is 4.79 Å². The van der Waals surface area contributed by atoms with E-state index in [1.165, 1.54) is 0 Å². The Hall–Kier alpha value is -1.43. The highest BCUT2D eigenvalue weighted by Gasteiger charge is 2.27. The van der Waals surface area contributed by atoms with Crippen LogP contribution >= 0.6 is 0 Å². The SMILES string of the molecule is CCCC(C)(N)C(=O)Nc1ccc(C2OCCO2)cc1. The highest BCUT2D eigenvalue weighted by atomic mass is 16.7. The van der Waals surface area contributed by atoms with Gasteiger partial charge in [0.25, 0.3) is 0 Å². The van der Waals surface area contributed by atoms with Gasteiger partial charge in [0.15, 0.2) is 6.29 Å². The van der Waals surface area contributed by atoms with Crippen molar-refractivity contribution in [2.24, 2.45) is 5.73 Å². The van der Waals surface area contributed by atoms with E-state index in [0.717, 1.165) is 17.7 Å². The lowest BCUT2D eigenvalue weighted by atomic mass is 9.96. The van der Waals surface area contributed by atoms with E-state index in [2.05, 4.69) is 5.32 Å². The van der Waals surface area contributed by atoms with Crippen LogP contribution in [0.25, 0.3) is 0 Å². The zero-order valence-corrected chi connectivity index (χ0v) is 12.0. The van der Waals surface area contributed by atoms with Crippen molar-refractivity contribution < 1.29 is 14.3 Å². The maximum atomic E-state index is 12.1. The molecule has 1 fully saturated rings. The topological polar surface area (TPSA) is 73.6 Å². The Morgan fingerprint density at radius 3 is 2.50 bits per heavy atom. The molecule has 1 saturated heterocycles. The van der Waals surface area contributed by atoms with Crippen molar-refractivity contribution in [3.63, 3.8) is 0 Å². The first-order valence-electron chi connectivity index (χ1n) is 6.96. The van der Waals surface area contributed by atoms with E-state index in [9.17, 15) is 4.79 Å². The molecule has 3 N–H and O–H groups in total. The maximum absolute atomic E-state index is 12.1. The highest BCUT2D eigenvalue weighted by Crippen LogP contribution is 2.24. The van der Waals surface area contributed by atoms with Crippen LogP contribution in [-0.4, -0.2) is 24.7 Å². The minimum Gasteiger partial charge on any atom is -0.346 e. The number of amides is 1. The van der Waals surface area contributed by atoms with Gasteiger partial charge in [0.05, 0.1) is 18.8 Å². The molecular weight excluding hydrogens is 256 g/mol. The molecule has 1 aromatic rings. The van der Waals surface area contributed by atoms with E-state index in [1.54, 1.807) is 6.92 Å².